The Kier molecular flexibility index (Phi) is 5.57. The second-order valence-electron chi connectivity index (χ2n) is 3.37. The number of rotatable bonds is 6. The molecular weight excluding hydrogens is 304 g/mol. The third-order valence-corrected chi connectivity index (χ3v) is 2.79. The third kappa shape index (κ3) is 3.99. The SMILES string of the molecule is CCOC(=O)CCNc1c(Br)cccc1[N+](=O)[O-]. The Morgan fingerprint density at radius 2 is 2.28 bits per heavy atom. The molecule has 7 heteroatoms. The molecule has 0 heterocycles. The number of carbonyl (C=O) groups excluding carboxylic acids is 1. The molecule has 98 valence electrons. The predicted molar refractivity (Wildman–Crippen MR) is 70.5 cm³/mol. The molecule has 6 nitrogen and oxygen atoms in total. The highest BCUT2D eigenvalue weighted by atomic mass is 79.9. The van der Waals surface area contributed by atoms with E-state index in [1.165, 1.54) is 6.07 Å². The van der Waals surface area contributed by atoms with Crippen LogP contribution in [0.5, 0.6) is 0 Å². The van der Waals surface area contributed by atoms with Crippen molar-refractivity contribution < 1.29 is 14.5 Å². The van der Waals surface area contributed by atoms with Crippen LogP contribution in [0.4, 0.5) is 11.4 Å². The Morgan fingerprint density at radius 3 is 2.89 bits per heavy atom. The molecule has 0 saturated heterocycles. The molecule has 1 rings (SSSR count). The summed E-state index contributed by atoms with van der Waals surface area (Å²) in [5, 5.41) is 13.7. The molecule has 0 aromatic heterocycles. The normalized spacial score (nSPS) is 9.89. The van der Waals surface area contributed by atoms with Gasteiger partial charge in [0.25, 0.3) is 5.69 Å². The highest BCUT2D eigenvalue weighted by molar-refractivity contribution is 9.10. The number of benzene rings is 1. The summed E-state index contributed by atoms with van der Waals surface area (Å²) < 4.78 is 5.35. The van der Waals surface area contributed by atoms with Gasteiger partial charge in [0.15, 0.2) is 0 Å². The van der Waals surface area contributed by atoms with Crippen molar-refractivity contribution in [3.63, 3.8) is 0 Å². The number of ether oxygens (including phenoxy) is 1. The molecule has 0 unspecified atom stereocenters. The summed E-state index contributed by atoms with van der Waals surface area (Å²) in [5.74, 6) is -0.334. The Balaban J connectivity index is 2.67. The molecule has 0 spiro atoms. The number of nitro groups is 1. The summed E-state index contributed by atoms with van der Waals surface area (Å²) in [5.41, 5.74) is 0.333. The van der Waals surface area contributed by atoms with Crippen LogP contribution in [0.1, 0.15) is 13.3 Å². The van der Waals surface area contributed by atoms with Crippen LogP contribution in [-0.4, -0.2) is 24.0 Å². The molecule has 1 N–H and O–H groups in total. The molecule has 0 bridgehead atoms. The van der Waals surface area contributed by atoms with Crippen LogP contribution in [0.25, 0.3) is 0 Å². The number of nitrogens with zero attached hydrogens (tertiary/aromatic N) is 1. The van der Waals surface area contributed by atoms with E-state index in [1.54, 1.807) is 19.1 Å². The largest absolute Gasteiger partial charge is 0.466 e. The molecule has 0 radical (unpaired) electrons. The zero-order valence-corrected chi connectivity index (χ0v) is 11.4. The van der Waals surface area contributed by atoms with Crippen LogP contribution in [-0.2, 0) is 9.53 Å². The van der Waals surface area contributed by atoms with Crippen molar-refractivity contribution in [2.45, 2.75) is 13.3 Å². The first kappa shape index (κ1) is 14.4. The van der Waals surface area contributed by atoms with Crippen LogP contribution < -0.4 is 5.32 Å². The average molecular weight is 317 g/mol. The zero-order chi connectivity index (χ0) is 13.5. The summed E-state index contributed by atoms with van der Waals surface area (Å²) in [6.45, 7) is 2.33. The molecule has 0 aliphatic rings. The number of carbonyl (C=O) groups is 1. The Labute approximate surface area is 113 Å². The van der Waals surface area contributed by atoms with E-state index >= 15 is 0 Å². The Bertz CT molecular complexity index is 451. The number of esters is 1. The number of halogens is 1. The first-order valence-corrected chi connectivity index (χ1v) is 6.18. The first-order chi connectivity index (χ1) is 8.56. The molecule has 0 atom stereocenters. The lowest BCUT2D eigenvalue weighted by Crippen LogP contribution is -2.12. The Hall–Kier alpha value is -1.63. The fourth-order valence-corrected chi connectivity index (χ4v) is 1.86. The van der Waals surface area contributed by atoms with E-state index in [9.17, 15) is 14.9 Å². The monoisotopic (exact) mass is 316 g/mol. The minimum Gasteiger partial charge on any atom is -0.466 e. The quantitative estimate of drug-likeness (QED) is 0.495. The van der Waals surface area contributed by atoms with Crippen molar-refractivity contribution >= 4 is 33.3 Å². The van der Waals surface area contributed by atoms with Gasteiger partial charge in [-0.05, 0) is 28.9 Å². The topological polar surface area (TPSA) is 81.5 Å². The van der Waals surface area contributed by atoms with Gasteiger partial charge in [0, 0.05) is 17.1 Å². The van der Waals surface area contributed by atoms with E-state index in [1.807, 2.05) is 0 Å². The molecule has 18 heavy (non-hydrogen) atoms. The van der Waals surface area contributed by atoms with Gasteiger partial charge in [-0.15, -0.1) is 0 Å². The fraction of sp³-hybridized carbons (Fsp3) is 0.364. The van der Waals surface area contributed by atoms with E-state index in [0.29, 0.717) is 16.8 Å². The minimum atomic E-state index is -0.475. The second kappa shape index (κ2) is 6.95. The van der Waals surface area contributed by atoms with E-state index in [2.05, 4.69) is 21.2 Å². The molecule has 0 saturated carbocycles. The molecule has 1 aromatic carbocycles. The van der Waals surface area contributed by atoms with Gasteiger partial charge < -0.3 is 10.1 Å². The third-order valence-electron chi connectivity index (χ3n) is 2.12. The lowest BCUT2D eigenvalue weighted by molar-refractivity contribution is -0.384. The molecule has 1 aromatic rings. The molecule has 0 amide bonds. The van der Waals surface area contributed by atoms with Crippen LogP contribution >= 0.6 is 15.9 Å². The molecule has 0 aliphatic heterocycles. The van der Waals surface area contributed by atoms with Gasteiger partial charge in [0.2, 0.25) is 0 Å². The average Bonchev–Trinajstić information content (AvgIpc) is 2.31. The molecular formula is C11H13BrN2O4. The maximum absolute atomic E-state index is 11.1. The summed E-state index contributed by atoms with van der Waals surface area (Å²) >= 11 is 3.23. The van der Waals surface area contributed by atoms with Crippen molar-refractivity contribution in [2.75, 3.05) is 18.5 Å². The van der Waals surface area contributed by atoms with E-state index in [4.69, 9.17) is 4.74 Å². The fourth-order valence-electron chi connectivity index (χ4n) is 1.36. The molecule has 0 fully saturated rings. The van der Waals surface area contributed by atoms with Crippen LogP contribution in [0.3, 0.4) is 0 Å². The smallest absolute Gasteiger partial charge is 0.307 e. The summed E-state index contributed by atoms with van der Waals surface area (Å²) in [7, 11) is 0. The van der Waals surface area contributed by atoms with Gasteiger partial charge in [-0.2, -0.15) is 0 Å². The van der Waals surface area contributed by atoms with Crippen molar-refractivity contribution in [1.82, 2.24) is 0 Å². The highest BCUT2D eigenvalue weighted by Gasteiger charge is 2.16. The van der Waals surface area contributed by atoms with E-state index < -0.39 is 4.92 Å². The van der Waals surface area contributed by atoms with Crippen molar-refractivity contribution in [3.05, 3.63) is 32.8 Å². The summed E-state index contributed by atoms with van der Waals surface area (Å²) in [6.07, 6.45) is 0.159. The van der Waals surface area contributed by atoms with E-state index in [0.717, 1.165) is 0 Å². The number of nitrogens with one attached hydrogen (secondary N) is 1. The lowest BCUT2D eigenvalue weighted by atomic mass is 10.2. The zero-order valence-electron chi connectivity index (χ0n) is 9.81. The van der Waals surface area contributed by atoms with Crippen LogP contribution in [0, 0.1) is 10.1 Å². The Morgan fingerprint density at radius 1 is 1.56 bits per heavy atom. The van der Waals surface area contributed by atoms with Gasteiger partial charge in [-0.3, -0.25) is 14.9 Å². The first-order valence-electron chi connectivity index (χ1n) is 5.38. The summed E-state index contributed by atoms with van der Waals surface area (Å²) in [6, 6.07) is 4.68. The van der Waals surface area contributed by atoms with Gasteiger partial charge >= 0.3 is 5.97 Å². The lowest BCUT2D eigenvalue weighted by Gasteiger charge is -2.08. The van der Waals surface area contributed by atoms with Crippen molar-refractivity contribution in [1.29, 1.82) is 0 Å². The van der Waals surface area contributed by atoms with Gasteiger partial charge in [0.1, 0.15) is 5.69 Å². The van der Waals surface area contributed by atoms with Crippen molar-refractivity contribution in [3.8, 4) is 0 Å². The second-order valence-corrected chi connectivity index (χ2v) is 4.23. The van der Waals surface area contributed by atoms with Gasteiger partial charge in [0.05, 0.1) is 18.0 Å². The number of hydrogen-bond acceptors (Lipinski definition) is 5. The van der Waals surface area contributed by atoms with Gasteiger partial charge in [-0.1, -0.05) is 6.07 Å². The highest BCUT2D eigenvalue weighted by Crippen LogP contribution is 2.31. The maximum atomic E-state index is 11.1. The van der Waals surface area contributed by atoms with Crippen LogP contribution in [0.2, 0.25) is 0 Å². The maximum Gasteiger partial charge on any atom is 0.307 e. The van der Waals surface area contributed by atoms with E-state index in [-0.39, 0.29) is 24.6 Å². The van der Waals surface area contributed by atoms with Crippen LogP contribution in [0.15, 0.2) is 22.7 Å². The summed E-state index contributed by atoms with van der Waals surface area (Å²) in [4.78, 5) is 21.5. The minimum absolute atomic E-state index is 0.0340. The predicted octanol–water partition coefficient (Wildman–Crippen LogP) is 2.72. The standard InChI is InChI=1S/C11H13BrN2O4/c1-2-18-10(15)6-7-13-11-8(12)4-3-5-9(11)14(16)17/h3-5,13H,2,6-7H2,1H3. The van der Waals surface area contributed by atoms with Gasteiger partial charge in [-0.25, -0.2) is 0 Å². The molecule has 0 aliphatic carbocycles. The number of hydrogen-bond donors (Lipinski definition) is 1. The number of para-hydroxylation sites is 1. The number of nitro benzene ring substituents is 1. The van der Waals surface area contributed by atoms with Crippen molar-refractivity contribution in [2.24, 2.45) is 0 Å². The number of anilines is 1.